The Morgan fingerprint density at radius 3 is 2.47 bits per heavy atom. The monoisotopic (exact) mass is 461 g/mol. The zero-order valence-corrected chi connectivity index (χ0v) is 19.4. The molecule has 1 heterocycles. The number of likely N-dealkylation sites (tertiary alicyclic amines) is 1. The highest BCUT2D eigenvalue weighted by molar-refractivity contribution is 7.89. The maximum absolute atomic E-state index is 12.8. The Labute approximate surface area is 190 Å². The van der Waals surface area contributed by atoms with Crippen molar-refractivity contribution in [1.29, 1.82) is 0 Å². The Morgan fingerprint density at radius 1 is 1.06 bits per heavy atom. The summed E-state index contributed by atoms with van der Waals surface area (Å²) in [6.07, 6.45) is 2.45. The van der Waals surface area contributed by atoms with Crippen LogP contribution in [0.25, 0.3) is 0 Å². The average molecular weight is 462 g/mol. The van der Waals surface area contributed by atoms with Gasteiger partial charge in [-0.25, -0.2) is 13.1 Å². The minimum Gasteiger partial charge on any atom is -0.495 e. The average Bonchev–Trinajstić information content (AvgIpc) is 3.31. The molecule has 32 heavy (non-hydrogen) atoms. The van der Waals surface area contributed by atoms with Gasteiger partial charge in [-0.15, -0.1) is 0 Å². The number of ether oxygens (including phenoxy) is 2. The van der Waals surface area contributed by atoms with Crippen molar-refractivity contribution in [3.8, 4) is 5.75 Å². The molecule has 1 aliphatic rings. The van der Waals surface area contributed by atoms with Gasteiger partial charge in [0.05, 0.1) is 13.7 Å². The maximum atomic E-state index is 12.8. The lowest BCUT2D eigenvalue weighted by molar-refractivity contribution is 0.0950. The van der Waals surface area contributed by atoms with E-state index in [1.54, 1.807) is 6.07 Å². The lowest BCUT2D eigenvalue weighted by atomic mass is 10.1. The summed E-state index contributed by atoms with van der Waals surface area (Å²) in [5, 5.41) is 2.92. The van der Waals surface area contributed by atoms with Gasteiger partial charge in [0, 0.05) is 32.3 Å². The molecule has 1 aliphatic heterocycles. The highest BCUT2D eigenvalue weighted by Crippen LogP contribution is 2.25. The molecule has 0 aromatic heterocycles. The molecule has 8 nitrogen and oxygen atoms in total. The van der Waals surface area contributed by atoms with Crippen molar-refractivity contribution in [2.45, 2.75) is 30.8 Å². The van der Waals surface area contributed by atoms with E-state index in [9.17, 15) is 13.2 Å². The molecule has 0 atom stereocenters. The molecule has 0 unspecified atom stereocenters. The van der Waals surface area contributed by atoms with Gasteiger partial charge >= 0.3 is 0 Å². The van der Waals surface area contributed by atoms with Crippen LogP contribution in [0.3, 0.4) is 0 Å². The SMILES string of the molecule is COCCNS(=O)(=O)c1cc(C(=O)NCc2ccccc2CN2CCCC2)ccc1OC. The van der Waals surface area contributed by atoms with Crippen molar-refractivity contribution >= 4 is 15.9 Å². The third kappa shape index (κ3) is 6.29. The third-order valence-electron chi connectivity index (χ3n) is 5.46. The number of methoxy groups -OCH3 is 2. The fourth-order valence-corrected chi connectivity index (χ4v) is 4.93. The Balaban J connectivity index is 1.72. The van der Waals surface area contributed by atoms with E-state index in [-0.39, 0.29) is 35.3 Å². The molecule has 174 valence electrons. The van der Waals surface area contributed by atoms with Gasteiger partial charge in [-0.1, -0.05) is 24.3 Å². The van der Waals surface area contributed by atoms with Crippen molar-refractivity contribution in [2.24, 2.45) is 0 Å². The smallest absolute Gasteiger partial charge is 0.251 e. The first kappa shape index (κ1) is 24.2. The van der Waals surface area contributed by atoms with Crippen LogP contribution in [0.15, 0.2) is 47.4 Å². The molecule has 9 heteroatoms. The van der Waals surface area contributed by atoms with Crippen molar-refractivity contribution in [3.63, 3.8) is 0 Å². The first-order valence-electron chi connectivity index (χ1n) is 10.7. The number of carbonyl (C=O) groups excluding carboxylic acids is 1. The van der Waals surface area contributed by atoms with Crippen molar-refractivity contribution in [3.05, 3.63) is 59.2 Å². The third-order valence-corrected chi connectivity index (χ3v) is 6.95. The lowest BCUT2D eigenvalue weighted by Gasteiger charge is -2.18. The molecule has 1 saturated heterocycles. The second-order valence-corrected chi connectivity index (χ2v) is 9.43. The van der Waals surface area contributed by atoms with Crippen molar-refractivity contribution in [1.82, 2.24) is 14.9 Å². The normalized spacial score (nSPS) is 14.4. The number of hydrogen-bond donors (Lipinski definition) is 2. The molecule has 0 bridgehead atoms. The standard InChI is InChI=1S/C23H31N3O5S/c1-30-14-11-25-32(28,29)22-15-18(9-10-21(22)31-2)23(27)24-16-19-7-3-4-8-20(19)17-26-12-5-6-13-26/h3-4,7-10,15,25H,5-6,11-14,16-17H2,1-2H3,(H,24,27). The summed E-state index contributed by atoms with van der Waals surface area (Å²) in [6, 6.07) is 12.4. The van der Waals surface area contributed by atoms with Crippen LogP contribution in [0.5, 0.6) is 5.75 Å². The molecular formula is C23H31N3O5S. The van der Waals surface area contributed by atoms with Gasteiger partial charge in [0.15, 0.2) is 0 Å². The minimum absolute atomic E-state index is 0.0850. The molecule has 0 saturated carbocycles. The molecule has 0 radical (unpaired) electrons. The van der Waals surface area contributed by atoms with E-state index in [0.717, 1.165) is 25.2 Å². The highest BCUT2D eigenvalue weighted by Gasteiger charge is 2.21. The molecule has 2 N–H and O–H groups in total. The van der Waals surface area contributed by atoms with Gasteiger partial charge in [0.25, 0.3) is 5.91 Å². The summed E-state index contributed by atoms with van der Waals surface area (Å²) in [4.78, 5) is 15.1. The van der Waals surface area contributed by atoms with Crippen molar-refractivity contribution in [2.75, 3.05) is 40.5 Å². The van der Waals surface area contributed by atoms with E-state index in [0.29, 0.717) is 6.54 Å². The van der Waals surface area contributed by atoms with Gasteiger partial charge in [0.1, 0.15) is 10.6 Å². The fraction of sp³-hybridized carbons (Fsp3) is 0.435. The lowest BCUT2D eigenvalue weighted by Crippen LogP contribution is -2.28. The summed E-state index contributed by atoms with van der Waals surface area (Å²) in [6.45, 7) is 3.78. The molecule has 3 rings (SSSR count). The van der Waals surface area contributed by atoms with E-state index in [1.807, 2.05) is 18.2 Å². The highest BCUT2D eigenvalue weighted by atomic mass is 32.2. The van der Waals surface area contributed by atoms with Crippen LogP contribution in [0, 0.1) is 0 Å². The number of sulfonamides is 1. The minimum atomic E-state index is -3.86. The van der Waals surface area contributed by atoms with E-state index in [2.05, 4.69) is 21.0 Å². The van der Waals surface area contributed by atoms with Crippen LogP contribution < -0.4 is 14.8 Å². The summed E-state index contributed by atoms with van der Waals surface area (Å²) >= 11 is 0. The zero-order chi connectivity index (χ0) is 23.0. The molecule has 0 spiro atoms. The first-order chi connectivity index (χ1) is 15.4. The van der Waals surface area contributed by atoms with Gasteiger partial charge < -0.3 is 14.8 Å². The Bertz CT molecular complexity index is 1020. The van der Waals surface area contributed by atoms with E-state index in [1.165, 1.54) is 44.8 Å². The van der Waals surface area contributed by atoms with Gasteiger partial charge in [-0.2, -0.15) is 0 Å². The Hall–Kier alpha value is -2.46. The quantitative estimate of drug-likeness (QED) is 0.498. The zero-order valence-electron chi connectivity index (χ0n) is 18.6. The maximum Gasteiger partial charge on any atom is 0.251 e. The summed E-state index contributed by atoms with van der Waals surface area (Å²) < 4.78 is 37.9. The van der Waals surface area contributed by atoms with Crippen LogP contribution in [0.1, 0.15) is 34.3 Å². The summed E-state index contributed by atoms with van der Waals surface area (Å²) in [5.41, 5.74) is 2.49. The number of nitrogens with one attached hydrogen (secondary N) is 2. The van der Waals surface area contributed by atoms with Crippen LogP contribution >= 0.6 is 0 Å². The predicted octanol–water partition coefficient (Wildman–Crippen LogP) is 2.15. The van der Waals surface area contributed by atoms with Crippen molar-refractivity contribution < 1.29 is 22.7 Å². The molecular weight excluding hydrogens is 430 g/mol. The van der Waals surface area contributed by atoms with Gasteiger partial charge in [0.2, 0.25) is 10.0 Å². The largest absolute Gasteiger partial charge is 0.495 e. The summed E-state index contributed by atoms with van der Waals surface area (Å²) in [5.74, 6) is -0.181. The molecule has 2 aromatic carbocycles. The van der Waals surface area contributed by atoms with Crippen LogP contribution in [0.4, 0.5) is 0 Å². The Kier molecular flexibility index (Phi) is 8.63. The molecule has 2 aromatic rings. The number of benzene rings is 2. The van der Waals surface area contributed by atoms with Gasteiger partial charge in [-0.05, 0) is 55.3 Å². The fourth-order valence-electron chi connectivity index (χ4n) is 3.73. The van der Waals surface area contributed by atoms with Crippen LogP contribution in [-0.4, -0.2) is 59.7 Å². The van der Waals surface area contributed by atoms with E-state index >= 15 is 0 Å². The molecule has 1 fully saturated rings. The summed E-state index contributed by atoms with van der Waals surface area (Å²) in [7, 11) is -0.980. The number of amides is 1. The number of nitrogens with zero attached hydrogens (tertiary/aromatic N) is 1. The van der Waals surface area contributed by atoms with E-state index < -0.39 is 10.0 Å². The topological polar surface area (TPSA) is 97.0 Å². The number of carbonyl (C=O) groups is 1. The van der Waals surface area contributed by atoms with Crippen LogP contribution in [0.2, 0.25) is 0 Å². The van der Waals surface area contributed by atoms with Gasteiger partial charge in [-0.3, -0.25) is 9.69 Å². The Morgan fingerprint density at radius 2 is 1.78 bits per heavy atom. The predicted molar refractivity (Wildman–Crippen MR) is 122 cm³/mol. The molecule has 1 amide bonds. The second-order valence-electron chi connectivity index (χ2n) is 7.69. The molecule has 0 aliphatic carbocycles. The number of hydrogen-bond acceptors (Lipinski definition) is 6. The number of rotatable bonds is 11. The van der Waals surface area contributed by atoms with E-state index in [4.69, 9.17) is 9.47 Å². The van der Waals surface area contributed by atoms with Crippen LogP contribution in [-0.2, 0) is 27.8 Å². The second kappa shape index (κ2) is 11.4. The first-order valence-corrected chi connectivity index (χ1v) is 12.2.